The first-order valence-electron chi connectivity index (χ1n) is 6.53. The number of rotatable bonds is 6. The van der Waals surface area contributed by atoms with E-state index >= 15 is 0 Å². The van der Waals surface area contributed by atoms with Gasteiger partial charge in [-0.3, -0.25) is 0 Å². The first-order valence-corrected chi connectivity index (χ1v) is 6.53. The second kappa shape index (κ2) is 6.43. The maximum atomic E-state index is 11.5. The molecule has 1 atom stereocenters. The van der Waals surface area contributed by atoms with Gasteiger partial charge in [-0.1, -0.05) is 0 Å². The zero-order valence-corrected chi connectivity index (χ0v) is 11.9. The summed E-state index contributed by atoms with van der Waals surface area (Å²) in [6.45, 7) is 4.38. The Morgan fingerprint density at radius 2 is 2.25 bits per heavy atom. The summed E-state index contributed by atoms with van der Waals surface area (Å²) in [5, 5.41) is 3.33. The average Bonchev–Trinajstić information content (AvgIpc) is 3.05. The van der Waals surface area contributed by atoms with Crippen molar-refractivity contribution in [2.75, 3.05) is 7.11 Å². The van der Waals surface area contributed by atoms with Gasteiger partial charge in [-0.05, 0) is 32.0 Å². The van der Waals surface area contributed by atoms with Crippen LogP contribution in [0.2, 0.25) is 0 Å². The molecule has 0 radical (unpaired) electrons. The van der Waals surface area contributed by atoms with E-state index < -0.39 is 0 Å². The third-order valence-corrected chi connectivity index (χ3v) is 3.09. The van der Waals surface area contributed by atoms with Crippen molar-refractivity contribution in [3.05, 3.63) is 47.3 Å². The molecule has 2 rings (SSSR count). The molecule has 20 heavy (non-hydrogen) atoms. The van der Waals surface area contributed by atoms with Crippen molar-refractivity contribution in [3.8, 4) is 0 Å². The molecule has 2 aromatic heterocycles. The number of carbonyl (C=O) groups is 1. The molecule has 2 heterocycles. The van der Waals surface area contributed by atoms with Crippen LogP contribution in [0.1, 0.15) is 34.6 Å². The standard InChI is InChI=1S/C15H19NO4/c1-10(7-12-5-4-6-19-12)16-9-13-8-14(11(2)20-13)15(17)18-3/h4-6,8,10,16H,7,9H2,1-3H3. The Hall–Kier alpha value is -2.01. The van der Waals surface area contributed by atoms with Crippen LogP contribution < -0.4 is 5.32 Å². The Balaban J connectivity index is 1.89. The molecule has 108 valence electrons. The van der Waals surface area contributed by atoms with Crippen molar-refractivity contribution in [1.82, 2.24) is 5.32 Å². The van der Waals surface area contributed by atoms with Gasteiger partial charge in [0, 0.05) is 12.5 Å². The van der Waals surface area contributed by atoms with Gasteiger partial charge in [0.15, 0.2) is 0 Å². The zero-order chi connectivity index (χ0) is 14.5. The van der Waals surface area contributed by atoms with Crippen LogP contribution in [0.4, 0.5) is 0 Å². The molecule has 0 aromatic carbocycles. The van der Waals surface area contributed by atoms with E-state index in [4.69, 9.17) is 13.6 Å². The van der Waals surface area contributed by atoms with Crippen LogP contribution in [0.15, 0.2) is 33.3 Å². The number of nitrogens with one attached hydrogen (secondary N) is 1. The second-order valence-electron chi connectivity index (χ2n) is 4.74. The van der Waals surface area contributed by atoms with Gasteiger partial charge < -0.3 is 18.9 Å². The van der Waals surface area contributed by atoms with E-state index in [1.165, 1.54) is 7.11 Å². The second-order valence-corrected chi connectivity index (χ2v) is 4.74. The van der Waals surface area contributed by atoms with E-state index in [1.807, 2.05) is 12.1 Å². The molecule has 0 amide bonds. The Morgan fingerprint density at radius 3 is 2.90 bits per heavy atom. The summed E-state index contributed by atoms with van der Waals surface area (Å²) in [6.07, 6.45) is 2.47. The molecule has 0 saturated carbocycles. The number of carbonyl (C=O) groups excluding carboxylic acids is 1. The average molecular weight is 277 g/mol. The molecule has 0 saturated heterocycles. The van der Waals surface area contributed by atoms with Crippen molar-refractivity contribution in [3.63, 3.8) is 0 Å². The molecule has 5 nitrogen and oxygen atoms in total. The fourth-order valence-electron chi connectivity index (χ4n) is 2.02. The van der Waals surface area contributed by atoms with Gasteiger partial charge >= 0.3 is 5.97 Å². The predicted octanol–water partition coefficient (Wildman–Crippen LogP) is 2.69. The lowest BCUT2D eigenvalue weighted by molar-refractivity contribution is 0.0599. The summed E-state index contributed by atoms with van der Waals surface area (Å²) in [5.74, 6) is 1.86. The van der Waals surface area contributed by atoms with Crippen LogP contribution in [0.5, 0.6) is 0 Å². The third-order valence-electron chi connectivity index (χ3n) is 3.09. The van der Waals surface area contributed by atoms with E-state index in [-0.39, 0.29) is 12.0 Å². The van der Waals surface area contributed by atoms with Gasteiger partial charge in [-0.15, -0.1) is 0 Å². The molecular formula is C15H19NO4. The summed E-state index contributed by atoms with van der Waals surface area (Å²) in [6, 6.07) is 5.78. The van der Waals surface area contributed by atoms with Crippen molar-refractivity contribution in [2.24, 2.45) is 0 Å². The van der Waals surface area contributed by atoms with E-state index in [9.17, 15) is 4.79 Å². The first-order chi connectivity index (χ1) is 9.60. The lowest BCUT2D eigenvalue weighted by Gasteiger charge is -2.10. The quantitative estimate of drug-likeness (QED) is 0.822. The number of ether oxygens (including phenoxy) is 1. The topological polar surface area (TPSA) is 64.6 Å². The summed E-state index contributed by atoms with van der Waals surface area (Å²) < 4.78 is 15.5. The fourth-order valence-corrected chi connectivity index (χ4v) is 2.02. The number of hydrogen-bond donors (Lipinski definition) is 1. The van der Waals surface area contributed by atoms with E-state index in [0.29, 0.717) is 23.6 Å². The maximum Gasteiger partial charge on any atom is 0.341 e. The monoisotopic (exact) mass is 277 g/mol. The number of aryl methyl sites for hydroxylation is 1. The Kier molecular flexibility index (Phi) is 4.63. The minimum atomic E-state index is -0.374. The van der Waals surface area contributed by atoms with Crippen LogP contribution in [-0.2, 0) is 17.7 Å². The highest BCUT2D eigenvalue weighted by molar-refractivity contribution is 5.90. The highest BCUT2D eigenvalue weighted by atomic mass is 16.5. The largest absolute Gasteiger partial charge is 0.469 e. The Bertz CT molecular complexity index is 556. The molecule has 0 aliphatic rings. The predicted molar refractivity (Wildman–Crippen MR) is 73.5 cm³/mol. The van der Waals surface area contributed by atoms with Crippen LogP contribution in [-0.4, -0.2) is 19.1 Å². The van der Waals surface area contributed by atoms with Crippen LogP contribution in [0.3, 0.4) is 0 Å². The highest BCUT2D eigenvalue weighted by Crippen LogP contribution is 2.15. The Morgan fingerprint density at radius 1 is 1.45 bits per heavy atom. The van der Waals surface area contributed by atoms with Gasteiger partial charge in [-0.2, -0.15) is 0 Å². The van der Waals surface area contributed by atoms with Gasteiger partial charge in [0.05, 0.1) is 19.9 Å². The highest BCUT2D eigenvalue weighted by Gasteiger charge is 2.15. The van der Waals surface area contributed by atoms with Crippen LogP contribution >= 0.6 is 0 Å². The van der Waals surface area contributed by atoms with Crippen molar-refractivity contribution in [1.29, 1.82) is 0 Å². The molecule has 0 bridgehead atoms. The lowest BCUT2D eigenvalue weighted by atomic mass is 10.2. The van der Waals surface area contributed by atoms with Gasteiger partial charge in [0.1, 0.15) is 22.8 Å². The van der Waals surface area contributed by atoms with Gasteiger partial charge in [0.25, 0.3) is 0 Å². The molecule has 5 heteroatoms. The van der Waals surface area contributed by atoms with E-state index in [0.717, 1.165) is 12.2 Å². The smallest absolute Gasteiger partial charge is 0.341 e. The summed E-state index contributed by atoms with van der Waals surface area (Å²) in [7, 11) is 1.36. The Labute approximate surface area is 117 Å². The third kappa shape index (κ3) is 3.51. The molecule has 0 fully saturated rings. The number of furan rings is 2. The molecule has 0 aliphatic carbocycles. The maximum absolute atomic E-state index is 11.5. The van der Waals surface area contributed by atoms with E-state index in [2.05, 4.69) is 12.2 Å². The SMILES string of the molecule is COC(=O)c1cc(CNC(C)Cc2ccco2)oc1C. The molecule has 1 unspecified atom stereocenters. The van der Waals surface area contributed by atoms with Crippen LogP contribution in [0.25, 0.3) is 0 Å². The number of methoxy groups -OCH3 is 1. The normalized spacial score (nSPS) is 12.3. The van der Waals surface area contributed by atoms with Gasteiger partial charge in [0.2, 0.25) is 0 Å². The number of esters is 1. The zero-order valence-electron chi connectivity index (χ0n) is 11.9. The lowest BCUT2D eigenvalue weighted by Crippen LogP contribution is -2.27. The van der Waals surface area contributed by atoms with Crippen LogP contribution in [0, 0.1) is 6.92 Å². The fraction of sp³-hybridized carbons (Fsp3) is 0.400. The first kappa shape index (κ1) is 14.4. The molecule has 2 aromatic rings. The van der Waals surface area contributed by atoms with E-state index in [1.54, 1.807) is 19.3 Å². The number of hydrogen-bond acceptors (Lipinski definition) is 5. The minimum absolute atomic E-state index is 0.244. The molecule has 0 spiro atoms. The molecule has 1 N–H and O–H groups in total. The summed E-state index contributed by atoms with van der Waals surface area (Å²) in [4.78, 5) is 11.5. The van der Waals surface area contributed by atoms with Crippen molar-refractivity contribution < 1.29 is 18.4 Å². The summed E-state index contributed by atoms with van der Waals surface area (Å²) in [5.41, 5.74) is 0.475. The van der Waals surface area contributed by atoms with Crippen molar-refractivity contribution in [2.45, 2.75) is 32.9 Å². The molecule has 0 aliphatic heterocycles. The van der Waals surface area contributed by atoms with Crippen molar-refractivity contribution >= 4 is 5.97 Å². The molecular weight excluding hydrogens is 258 g/mol. The van der Waals surface area contributed by atoms with Gasteiger partial charge in [-0.25, -0.2) is 4.79 Å². The minimum Gasteiger partial charge on any atom is -0.469 e. The summed E-state index contributed by atoms with van der Waals surface area (Å²) >= 11 is 0.